The lowest BCUT2D eigenvalue weighted by atomic mass is 9.89. The average molecular weight is 351 g/mol. The maximum absolute atomic E-state index is 11.7. The van der Waals surface area contributed by atoms with Gasteiger partial charge in [0.1, 0.15) is 11.5 Å². The maximum Gasteiger partial charge on any atom is 0.177 e. The SMILES string of the molecule is CC(=O)c1cnc2n1CCN(C(/C=C/CN1CC(C#N)C1)=C1CCC1)C2. The smallest absolute Gasteiger partial charge is 0.177 e. The molecule has 0 unspecified atom stereocenters. The lowest BCUT2D eigenvalue weighted by molar-refractivity contribution is 0.100. The summed E-state index contributed by atoms with van der Waals surface area (Å²) in [6.45, 7) is 6.78. The minimum absolute atomic E-state index is 0.0832. The van der Waals surface area contributed by atoms with Gasteiger partial charge in [-0.15, -0.1) is 0 Å². The molecule has 2 aliphatic heterocycles. The number of hydrogen-bond acceptors (Lipinski definition) is 5. The first-order valence-corrected chi connectivity index (χ1v) is 9.46. The van der Waals surface area contributed by atoms with Crippen LogP contribution in [0.1, 0.15) is 42.5 Å². The lowest BCUT2D eigenvalue weighted by Gasteiger charge is -2.36. The van der Waals surface area contributed by atoms with E-state index in [4.69, 9.17) is 5.26 Å². The zero-order valence-corrected chi connectivity index (χ0v) is 15.3. The highest BCUT2D eigenvalue weighted by Crippen LogP contribution is 2.32. The summed E-state index contributed by atoms with van der Waals surface area (Å²) in [5.74, 6) is 1.27. The second-order valence-electron chi connectivity index (χ2n) is 7.48. The van der Waals surface area contributed by atoms with Crippen LogP contribution in [0.4, 0.5) is 0 Å². The van der Waals surface area contributed by atoms with E-state index in [-0.39, 0.29) is 11.7 Å². The molecule has 6 heteroatoms. The Morgan fingerprint density at radius 2 is 2.19 bits per heavy atom. The zero-order valence-electron chi connectivity index (χ0n) is 15.3. The van der Waals surface area contributed by atoms with Gasteiger partial charge in [-0.05, 0) is 30.9 Å². The van der Waals surface area contributed by atoms with Crippen molar-refractivity contribution >= 4 is 5.78 Å². The molecule has 0 radical (unpaired) electrons. The van der Waals surface area contributed by atoms with E-state index in [2.05, 4.69) is 37.6 Å². The lowest BCUT2D eigenvalue weighted by Crippen LogP contribution is -2.45. The maximum atomic E-state index is 11.7. The van der Waals surface area contributed by atoms with Crippen molar-refractivity contribution in [2.45, 2.75) is 39.3 Å². The summed E-state index contributed by atoms with van der Waals surface area (Å²) in [7, 11) is 0. The third kappa shape index (κ3) is 3.19. The summed E-state index contributed by atoms with van der Waals surface area (Å²) in [4.78, 5) is 20.9. The molecule has 2 fully saturated rings. The number of carbonyl (C=O) groups is 1. The molecule has 1 aromatic rings. The Labute approximate surface area is 154 Å². The second-order valence-corrected chi connectivity index (χ2v) is 7.48. The minimum atomic E-state index is 0.0832. The normalized spacial score (nSPS) is 20.5. The van der Waals surface area contributed by atoms with Gasteiger partial charge in [0.25, 0.3) is 0 Å². The van der Waals surface area contributed by atoms with Crippen LogP contribution in [0, 0.1) is 17.2 Å². The third-order valence-electron chi connectivity index (χ3n) is 5.66. The number of imidazole rings is 1. The van der Waals surface area contributed by atoms with Crippen LogP contribution in [-0.4, -0.2) is 51.3 Å². The van der Waals surface area contributed by atoms with Gasteiger partial charge in [-0.25, -0.2) is 4.98 Å². The van der Waals surface area contributed by atoms with Crippen molar-refractivity contribution in [3.63, 3.8) is 0 Å². The number of fused-ring (bicyclic) bond motifs is 1. The van der Waals surface area contributed by atoms with Crippen molar-refractivity contribution in [2.24, 2.45) is 5.92 Å². The van der Waals surface area contributed by atoms with Gasteiger partial charge in [-0.3, -0.25) is 9.69 Å². The molecule has 0 amide bonds. The molecule has 1 aromatic heterocycles. The van der Waals surface area contributed by atoms with Gasteiger partial charge in [0.05, 0.1) is 24.7 Å². The molecule has 3 heterocycles. The predicted molar refractivity (Wildman–Crippen MR) is 98.2 cm³/mol. The van der Waals surface area contributed by atoms with Crippen LogP contribution in [0.3, 0.4) is 0 Å². The summed E-state index contributed by atoms with van der Waals surface area (Å²) in [6, 6.07) is 2.32. The molecule has 136 valence electrons. The van der Waals surface area contributed by atoms with Gasteiger partial charge < -0.3 is 9.47 Å². The molecular weight excluding hydrogens is 326 g/mol. The molecule has 0 atom stereocenters. The number of nitriles is 1. The fourth-order valence-corrected chi connectivity index (χ4v) is 3.92. The molecule has 1 saturated carbocycles. The van der Waals surface area contributed by atoms with Gasteiger partial charge in [0.15, 0.2) is 5.78 Å². The highest BCUT2D eigenvalue weighted by atomic mass is 16.1. The van der Waals surface area contributed by atoms with E-state index < -0.39 is 0 Å². The topological polar surface area (TPSA) is 65.2 Å². The number of rotatable bonds is 5. The molecular formula is C20H25N5O. The molecule has 0 bridgehead atoms. The zero-order chi connectivity index (χ0) is 18.1. The summed E-state index contributed by atoms with van der Waals surface area (Å²) < 4.78 is 2.06. The number of aromatic nitrogens is 2. The largest absolute Gasteiger partial charge is 0.362 e. The van der Waals surface area contributed by atoms with E-state index in [1.807, 2.05) is 0 Å². The van der Waals surface area contributed by atoms with Crippen LogP contribution in [-0.2, 0) is 13.1 Å². The Kier molecular flexibility index (Phi) is 4.64. The van der Waals surface area contributed by atoms with E-state index in [1.165, 1.54) is 30.5 Å². The number of Topliss-reactive ketones (excluding diaryl/α,β-unsaturated/α-hetero) is 1. The minimum Gasteiger partial charge on any atom is -0.362 e. The Hall–Kier alpha value is -2.39. The second kappa shape index (κ2) is 7.08. The van der Waals surface area contributed by atoms with Crippen molar-refractivity contribution in [2.75, 3.05) is 26.2 Å². The van der Waals surface area contributed by atoms with E-state index in [0.29, 0.717) is 0 Å². The molecule has 0 N–H and O–H groups in total. The van der Waals surface area contributed by atoms with Crippen LogP contribution in [0.15, 0.2) is 29.6 Å². The summed E-state index contributed by atoms with van der Waals surface area (Å²) in [5, 5.41) is 8.88. The van der Waals surface area contributed by atoms with Crippen molar-refractivity contribution in [1.82, 2.24) is 19.4 Å². The number of hydrogen-bond donors (Lipinski definition) is 0. The highest BCUT2D eigenvalue weighted by molar-refractivity contribution is 5.92. The number of ketones is 1. The molecule has 0 spiro atoms. The van der Waals surface area contributed by atoms with Crippen LogP contribution >= 0.6 is 0 Å². The quantitative estimate of drug-likeness (QED) is 0.762. The average Bonchev–Trinajstić information content (AvgIpc) is 2.97. The van der Waals surface area contributed by atoms with Crippen molar-refractivity contribution < 1.29 is 4.79 Å². The third-order valence-corrected chi connectivity index (χ3v) is 5.66. The number of likely N-dealkylation sites (tertiary alicyclic amines) is 1. The fourth-order valence-electron chi connectivity index (χ4n) is 3.92. The van der Waals surface area contributed by atoms with Gasteiger partial charge in [-0.1, -0.05) is 6.08 Å². The van der Waals surface area contributed by atoms with Crippen LogP contribution < -0.4 is 0 Å². The highest BCUT2D eigenvalue weighted by Gasteiger charge is 2.26. The van der Waals surface area contributed by atoms with Crippen LogP contribution in [0.25, 0.3) is 0 Å². The molecule has 26 heavy (non-hydrogen) atoms. The van der Waals surface area contributed by atoms with Gasteiger partial charge >= 0.3 is 0 Å². The first-order valence-electron chi connectivity index (χ1n) is 9.46. The number of carbonyl (C=O) groups excluding carboxylic acids is 1. The fraction of sp³-hybridized carbons (Fsp3) is 0.550. The Bertz CT molecular complexity index is 801. The van der Waals surface area contributed by atoms with Crippen LogP contribution in [0.2, 0.25) is 0 Å². The van der Waals surface area contributed by atoms with Gasteiger partial charge in [0, 0.05) is 45.3 Å². The van der Waals surface area contributed by atoms with E-state index in [0.717, 1.165) is 50.8 Å². The Morgan fingerprint density at radius 3 is 2.85 bits per heavy atom. The molecule has 6 nitrogen and oxygen atoms in total. The Balaban J connectivity index is 1.45. The number of nitrogens with zero attached hydrogens (tertiary/aromatic N) is 5. The van der Waals surface area contributed by atoms with Crippen molar-refractivity contribution in [3.05, 3.63) is 41.1 Å². The first-order chi connectivity index (χ1) is 12.7. The molecule has 0 aromatic carbocycles. The summed E-state index contributed by atoms with van der Waals surface area (Å²) in [5.41, 5.74) is 3.59. The first kappa shape index (κ1) is 17.0. The van der Waals surface area contributed by atoms with Crippen molar-refractivity contribution in [3.8, 4) is 6.07 Å². The summed E-state index contributed by atoms with van der Waals surface area (Å²) in [6.07, 6.45) is 9.85. The Morgan fingerprint density at radius 1 is 1.38 bits per heavy atom. The predicted octanol–water partition coefficient (Wildman–Crippen LogP) is 2.35. The monoisotopic (exact) mass is 351 g/mol. The molecule has 1 aliphatic carbocycles. The van der Waals surface area contributed by atoms with Gasteiger partial charge in [-0.2, -0.15) is 5.26 Å². The molecule has 3 aliphatic rings. The molecule has 4 rings (SSSR count). The van der Waals surface area contributed by atoms with E-state index >= 15 is 0 Å². The van der Waals surface area contributed by atoms with E-state index in [1.54, 1.807) is 13.1 Å². The van der Waals surface area contributed by atoms with Crippen molar-refractivity contribution in [1.29, 1.82) is 5.26 Å². The summed E-state index contributed by atoms with van der Waals surface area (Å²) >= 11 is 0. The van der Waals surface area contributed by atoms with Crippen LogP contribution in [0.5, 0.6) is 0 Å². The molecule has 1 saturated heterocycles. The number of allylic oxidation sites excluding steroid dienone is 2. The standard InChI is InChI=1S/C20H25N5O/c1-15(26)19-11-22-20-14-24(8-9-25(19)20)18(17-4-2-5-17)6-3-7-23-12-16(10-21)13-23/h3,6,11,16H,2,4-5,7-9,12-14H2,1H3/b6-3+. The van der Waals surface area contributed by atoms with E-state index in [9.17, 15) is 4.79 Å². The van der Waals surface area contributed by atoms with Gasteiger partial charge in [0.2, 0.25) is 0 Å².